The van der Waals surface area contributed by atoms with Crippen molar-refractivity contribution >= 4 is 11.3 Å². The SMILES string of the molecule is CCN(CC)CCOc1ccc(C#Cc2cccs2)cn1. The molecule has 3 nitrogen and oxygen atoms in total. The largest absolute Gasteiger partial charge is 0.476 e. The Morgan fingerprint density at radius 1 is 1.19 bits per heavy atom. The number of pyridine rings is 1. The van der Waals surface area contributed by atoms with Crippen LogP contribution in [0.5, 0.6) is 5.88 Å². The van der Waals surface area contributed by atoms with E-state index in [1.54, 1.807) is 17.5 Å². The predicted octanol–water partition coefficient (Wildman–Crippen LogP) is 3.26. The maximum absolute atomic E-state index is 5.65. The fraction of sp³-hybridized carbons (Fsp3) is 0.353. The zero-order valence-electron chi connectivity index (χ0n) is 12.5. The van der Waals surface area contributed by atoms with Crippen LogP contribution in [0.25, 0.3) is 0 Å². The van der Waals surface area contributed by atoms with Crippen LogP contribution in [-0.4, -0.2) is 36.1 Å². The summed E-state index contributed by atoms with van der Waals surface area (Å²) < 4.78 is 5.65. The molecule has 0 aromatic carbocycles. The van der Waals surface area contributed by atoms with Gasteiger partial charge in [0.25, 0.3) is 0 Å². The van der Waals surface area contributed by atoms with Gasteiger partial charge in [0.05, 0.1) is 4.88 Å². The smallest absolute Gasteiger partial charge is 0.213 e. The lowest BCUT2D eigenvalue weighted by Crippen LogP contribution is -2.28. The van der Waals surface area contributed by atoms with Crippen molar-refractivity contribution in [3.05, 3.63) is 46.3 Å². The molecule has 0 spiro atoms. The average molecular weight is 300 g/mol. The highest BCUT2D eigenvalue weighted by atomic mass is 32.1. The molecule has 2 rings (SSSR count). The highest BCUT2D eigenvalue weighted by Crippen LogP contribution is 2.09. The lowest BCUT2D eigenvalue weighted by Gasteiger charge is -2.17. The number of thiophene rings is 1. The van der Waals surface area contributed by atoms with E-state index in [1.807, 2.05) is 29.6 Å². The summed E-state index contributed by atoms with van der Waals surface area (Å²) >= 11 is 1.64. The minimum Gasteiger partial charge on any atom is -0.476 e. The highest BCUT2D eigenvalue weighted by Gasteiger charge is 2.00. The topological polar surface area (TPSA) is 25.4 Å². The number of likely N-dealkylation sites (N-methyl/N-ethyl adjacent to an activating group) is 1. The molecule has 0 radical (unpaired) electrons. The van der Waals surface area contributed by atoms with Crippen LogP contribution in [-0.2, 0) is 0 Å². The summed E-state index contributed by atoms with van der Waals surface area (Å²) in [5.41, 5.74) is 0.902. The second-order valence-electron chi connectivity index (χ2n) is 4.49. The maximum Gasteiger partial charge on any atom is 0.213 e. The summed E-state index contributed by atoms with van der Waals surface area (Å²) in [5.74, 6) is 6.87. The van der Waals surface area contributed by atoms with E-state index in [0.717, 1.165) is 30.1 Å². The number of hydrogen-bond acceptors (Lipinski definition) is 4. The van der Waals surface area contributed by atoms with Crippen molar-refractivity contribution in [1.82, 2.24) is 9.88 Å². The molecule has 2 aromatic heterocycles. The number of aromatic nitrogens is 1. The molecular formula is C17H20N2OS. The van der Waals surface area contributed by atoms with Crippen molar-refractivity contribution in [3.8, 4) is 17.7 Å². The Balaban J connectivity index is 1.84. The van der Waals surface area contributed by atoms with Crippen molar-refractivity contribution < 1.29 is 4.74 Å². The molecular weight excluding hydrogens is 280 g/mol. The standard InChI is InChI=1S/C17H20N2OS/c1-3-19(4-2)11-12-20-17-10-8-15(14-18-17)7-9-16-6-5-13-21-16/h5-6,8,10,13-14H,3-4,11-12H2,1-2H3. The molecule has 2 aromatic rings. The van der Waals surface area contributed by atoms with Gasteiger partial charge in [-0.25, -0.2) is 4.98 Å². The zero-order chi connectivity index (χ0) is 14.9. The van der Waals surface area contributed by atoms with E-state index in [1.165, 1.54) is 0 Å². The van der Waals surface area contributed by atoms with Crippen molar-refractivity contribution in [1.29, 1.82) is 0 Å². The second-order valence-corrected chi connectivity index (χ2v) is 5.44. The summed E-state index contributed by atoms with van der Waals surface area (Å²) in [6.07, 6.45) is 1.76. The first-order valence-electron chi connectivity index (χ1n) is 7.18. The van der Waals surface area contributed by atoms with Gasteiger partial charge < -0.3 is 9.64 Å². The van der Waals surface area contributed by atoms with Crippen LogP contribution < -0.4 is 4.74 Å². The summed E-state index contributed by atoms with van der Waals surface area (Å²) in [5, 5.41) is 2.02. The van der Waals surface area contributed by atoms with Gasteiger partial charge in [-0.15, -0.1) is 11.3 Å². The molecule has 4 heteroatoms. The van der Waals surface area contributed by atoms with Crippen molar-refractivity contribution in [3.63, 3.8) is 0 Å². The molecule has 2 heterocycles. The first-order valence-corrected chi connectivity index (χ1v) is 8.06. The van der Waals surface area contributed by atoms with Gasteiger partial charge in [-0.1, -0.05) is 31.8 Å². The van der Waals surface area contributed by atoms with Gasteiger partial charge in [0.15, 0.2) is 0 Å². The van der Waals surface area contributed by atoms with E-state index in [2.05, 4.69) is 35.6 Å². The van der Waals surface area contributed by atoms with Gasteiger partial charge in [-0.3, -0.25) is 0 Å². The second kappa shape index (κ2) is 8.46. The van der Waals surface area contributed by atoms with E-state index in [0.29, 0.717) is 12.5 Å². The minimum absolute atomic E-state index is 0.656. The molecule has 0 atom stereocenters. The van der Waals surface area contributed by atoms with E-state index in [4.69, 9.17) is 4.74 Å². The van der Waals surface area contributed by atoms with Crippen molar-refractivity contribution in [2.24, 2.45) is 0 Å². The third kappa shape index (κ3) is 5.22. The summed E-state index contributed by atoms with van der Waals surface area (Å²) in [6, 6.07) is 7.83. The van der Waals surface area contributed by atoms with Crippen LogP contribution in [0.2, 0.25) is 0 Å². The maximum atomic E-state index is 5.65. The molecule has 21 heavy (non-hydrogen) atoms. The molecule has 0 N–H and O–H groups in total. The zero-order valence-corrected chi connectivity index (χ0v) is 13.3. The lowest BCUT2D eigenvalue weighted by molar-refractivity contribution is 0.218. The van der Waals surface area contributed by atoms with Crippen LogP contribution in [0.1, 0.15) is 24.3 Å². The van der Waals surface area contributed by atoms with Gasteiger partial charge in [-0.2, -0.15) is 0 Å². The van der Waals surface area contributed by atoms with E-state index in [9.17, 15) is 0 Å². The Morgan fingerprint density at radius 3 is 2.67 bits per heavy atom. The summed E-state index contributed by atoms with van der Waals surface area (Å²) in [6.45, 7) is 7.99. The fourth-order valence-corrected chi connectivity index (χ4v) is 2.41. The van der Waals surface area contributed by atoms with Crippen molar-refractivity contribution in [2.45, 2.75) is 13.8 Å². The minimum atomic E-state index is 0.656. The van der Waals surface area contributed by atoms with E-state index in [-0.39, 0.29) is 0 Å². The quantitative estimate of drug-likeness (QED) is 0.766. The van der Waals surface area contributed by atoms with Crippen LogP contribution >= 0.6 is 11.3 Å². The highest BCUT2D eigenvalue weighted by molar-refractivity contribution is 7.10. The summed E-state index contributed by atoms with van der Waals surface area (Å²) in [7, 11) is 0. The molecule has 0 saturated carbocycles. The van der Waals surface area contributed by atoms with Gasteiger partial charge in [0.2, 0.25) is 5.88 Å². The van der Waals surface area contributed by atoms with Crippen LogP contribution in [0.15, 0.2) is 35.8 Å². The number of hydrogen-bond donors (Lipinski definition) is 0. The molecule has 0 aliphatic heterocycles. The number of rotatable bonds is 6. The molecule has 0 aliphatic carbocycles. The van der Waals surface area contributed by atoms with Crippen molar-refractivity contribution in [2.75, 3.05) is 26.2 Å². The number of ether oxygens (including phenoxy) is 1. The summed E-state index contributed by atoms with van der Waals surface area (Å²) in [4.78, 5) is 7.67. The molecule has 0 fully saturated rings. The third-order valence-corrected chi connectivity index (χ3v) is 3.92. The normalized spacial score (nSPS) is 10.2. The van der Waals surface area contributed by atoms with Gasteiger partial charge >= 0.3 is 0 Å². The van der Waals surface area contributed by atoms with Crippen LogP contribution in [0.3, 0.4) is 0 Å². The molecule has 0 amide bonds. The Hall–Kier alpha value is -1.83. The van der Waals surface area contributed by atoms with Crippen LogP contribution in [0.4, 0.5) is 0 Å². The Labute approximate surface area is 130 Å². The van der Waals surface area contributed by atoms with Gasteiger partial charge in [-0.05, 0) is 30.6 Å². The third-order valence-electron chi connectivity index (χ3n) is 3.14. The van der Waals surface area contributed by atoms with Crippen LogP contribution in [0, 0.1) is 11.8 Å². The monoisotopic (exact) mass is 300 g/mol. The Morgan fingerprint density at radius 2 is 2.05 bits per heavy atom. The average Bonchev–Trinajstić information content (AvgIpc) is 3.04. The molecule has 0 aliphatic rings. The van der Waals surface area contributed by atoms with Gasteiger partial charge in [0, 0.05) is 24.4 Å². The fourth-order valence-electron chi connectivity index (χ4n) is 1.84. The Bertz CT molecular complexity index is 577. The molecule has 0 bridgehead atoms. The molecule has 0 unspecified atom stereocenters. The number of nitrogens with zero attached hydrogens (tertiary/aromatic N) is 2. The molecule has 110 valence electrons. The first kappa shape index (κ1) is 15.6. The van der Waals surface area contributed by atoms with Gasteiger partial charge in [0.1, 0.15) is 6.61 Å². The lowest BCUT2D eigenvalue weighted by atomic mass is 10.3. The molecule has 0 saturated heterocycles. The first-order chi connectivity index (χ1) is 10.3. The van der Waals surface area contributed by atoms with E-state index < -0.39 is 0 Å². The van der Waals surface area contributed by atoms with E-state index >= 15 is 0 Å². The Kier molecular flexibility index (Phi) is 6.26. The predicted molar refractivity (Wildman–Crippen MR) is 87.8 cm³/mol.